The third-order valence-electron chi connectivity index (χ3n) is 3.04. The number of fused-ring (bicyclic) bond motifs is 1. The van der Waals surface area contributed by atoms with Crippen LogP contribution in [0, 0.1) is 0 Å². The molecule has 3 rings (SSSR count). The molecule has 0 unspecified atom stereocenters. The van der Waals surface area contributed by atoms with Crippen LogP contribution in [-0.4, -0.2) is 49.8 Å². The molecule has 1 aliphatic heterocycles. The summed E-state index contributed by atoms with van der Waals surface area (Å²) in [6.07, 6.45) is 1.84. The van der Waals surface area contributed by atoms with E-state index in [0.717, 1.165) is 5.65 Å². The van der Waals surface area contributed by atoms with E-state index in [1.165, 1.54) is 16.7 Å². The summed E-state index contributed by atoms with van der Waals surface area (Å²) in [5, 5.41) is 11.0. The molecular weight excluding hydrogens is 278 g/mol. The Labute approximate surface area is 119 Å². The lowest BCUT2D eigenvalue weighted by Crippen LogP contribution is -2.39. The van der Waals surface area contributed by atoms with Gasteiger partial charge in [-0.2, -0.15) is 0 Å². The molecule has 1 fully saturated rings. The van der Waals surface area contributed by atoms with E-state index in [-0.39, 0.29) is 11.9 Å². The van der Waals surface area contributed by atoms with Crippen LogP contribution in [0.3, 0.4) is 0 Å². The molecule has 0 spiro atoms. The normalized spacial score (nSPS) is 16.4. The van der Waals surface area contributed by atoms with Crippen molar-refractivity contribution >= 4 is 29.3 Å². The molecule has 3 amide bonds. The van der Waals surface area contributed by atoms with Crippen LogP contribution in [0.25, 0.3) is 5.65 Å². The SMILES string of the molecule is C[C@H](Sc1nnc2ccccn12)C(=O)N1CCNC1=O. The summed E-state index contributed by atoms with van der Waals surface area (Å²) < 4.78 is 1.82. The van der Waals surface area contributed by atoms with Crippen molar-refractivity contribution in [3.8, 4) is 0 Å². The standard InChI is InChI=1S/C12H13N5O2S/c1-8(10(18)17-7-5-13-11(17)19)20-12-15-14-9-4-2-3-6-16(9)12/h2-4,6,8H,5,7H2,1H3,(H,13,19)/t8-/m0/s1. The molecule has 0 saturated carbocycles. The first-order valence-electron chi connectivity index (χ1n) is 6.22. The lowest BCUT2D eigenvalue weighted by atomic mass is 10.4. The zero-order valence-electron chi connectivity index (χ0n) is 10.8. The third-order valence-corrected chi connectivity index (χ3v) is 4.08. The van der Waals surface area contributed by atoms with Crippen LogP contribution in [0.2, 0.25) is 0 Å². The predicted octanol–water partition coefficient (Wildman–Crippen LogP) is 0.762. The molecule has 8 heteroatoms. The van der Waals surface area contributed by atoms with Gasteiger partial charge in [0.15, 0.2) is 10.8 Å². The maximum Gasteiger partial charge on any atom is 0.324 e. The van der Waals surface area contributed by atoms with Crippen molar-refractivity contribution in [1.82, 2.24) is 24.8 Å². The van der Waals surface area contributed by atoms with Crippen LogP contribution in [0.5, 0.6) is 0 Å². The van der Waals surface area contributed by atoms with Crippen LogP contribution >= 0.6 is 11.8 Å². The number of imide groups is 1. The Balaban J connectivity index is 1.77. The molecule has 0 aromatic carbocycles. The van der Waals surface area contributed by atoms with Crippen molar-refractivity contribution in [2.45, 2.75) is 17.3 Å². The van der Waals surface area contributed by atoms with Crippen molar-refractivity contribution in [3.05, 3.63) is 24.4 Å². The number of hydrogen-bond acceptors (Lipinski definition) is 5. The minimum absolute atomic E-state index is 0.210. The average Bonchev–Trinajstić information content (AvgIpc) is 3.05. The van der Waals surface area contributed by atoms with Gasteiger partial charge in [0.1, 0.15) is 0 Å². The van der Waals surface area contributed by atoms with E-state index in [9.17, 15) is 9.59 Å². The van der Waals surface area contributed by atoms with Crippen LogP contribution in [0.4, 0.5) is 4.79 Å². The molecule has 1 N–H and O–H groups in total. The predicted molar refractivity (Wildman–Crippen MR) is 73.4 cm³/mol. The molecule has 0 bridgehead atoms. The molecule has 2 aromatic rings. The number of pyridine rings is 1. The molecule has 1 atom stereocenters. The number of amides is 3. The Kier molecular flexibility index (Phi) is 3.31. The van der Waals surface area contributed by atoms with Crippen molar-refractivity contribution in [2.75, 3.05) is 13.1 Å². The van der Waals surface area contributed by atoms with Gasteiger partial charge >= 0.3 is 6.03 Å². The van der Waals surface area contributed by atoms with Crippen molar-refractivity contribution in [3.63, 3.8) is 0 Å². The number of aromatic nitrogens is 3. The molecule has 1 saturated heterocycles. The van der Waals surface area contributed by atoms with Crippen LogP contribution in [0.1, 0.15) is 6.92 Å². The van der Waals surface area contributed by atoms with Gasteiger partial charge in [-0.3, -0.25) is 14.1 Å². The van der Waals surface area contributed by atoms with E-state index in [0.29, 0.717) is 18.2 Å². The molecular formula is C12H13N5O2S. The van der Waals surface area contributed by atoms with E-state index in [1.807, 2.05) is 28.8 Å². The first-order valence-corrected chi connectivity index (χ1v) is 7.10. The number of nitrogens with zero attached hydrogens (tertiary/aromatic N) is 4. The number of carbonyl (C=O) groups is 2. The van der Waals surface area contributed by atoms with Gasteiger partial charge in [-0.15, -0.1) is 10.2 Å². The Morgan fingerprint density at radius 1 is 1.45 bits per heavy atom. The number of hydrogen-bond donors (Lipinski definition) is 1. The first kappa shape index (κ1) is 12.9. The van der Waals surface area contributed by atoms with Crippen molar-refractivity contribution in [1.29, 1.82) is 0 Å². The van der Waals surface area contributed by atoms with Gasteiger partial charge in [0.2, 0.25) is 5.91 Å². The monoisotopic (exact) mass is 291 g/mol. The number of carbonyl (C=O) groups excluding carboxylic acids is 2. The van der Waals surface area contributed by atoms with E-state index < -0.39 is 5.25 Å². The van der Waals surface area contributed by atoms with Gasteiger partial charge in [0.05, 0.1) is 5.25 Å². The van der Waals surface area contributed by atoms with Crippen molar-refractivity contribution in [2.24, 2.45) is 0 Å². The quantitative estimate of drug-likeness (QED) is 0.845. The van der Waals surface area contributed by atoms with Gasteiger partial charge in [-0.1, -0.05) is 17.8 Å². The largest absolute Gasteiger partial charge is 0.336 e. The smallest absolute Gasteiger partial charge is 0.324 e. The minimum Gasteiger partial charge on any atom is -0.336 e. The highest BCUT2D eigenvalue weighted by Gasteiger charge is 2.30. The lowest BCUT2D eigenvalue weighted by Gasteiger charge is -2.16. The Morgan fingerprint density at radius 2 is 2.30 bits per heavy atom. The maximum atomic E-state index is 12.2. The highest BCUT2D eigenvalue weighted by atomic mass is 32.2. The molecule has 7 nitrogen and oxygen atoms in total. The summed E-state index contributed by atoms with van der Waals surface area (Å²) in [6.45, 7) is 2.70. The zero-order chi connectivity index (χ0) is 14.1. The fraction of sp³-hybridized carbons (Fsp3) is 0.333. The second kappa shape index (κ2) is 5.12. The van der Waals surface area contributed by atoms with Gasteiger partial charge in [0, 0.05) is 19.3 Å². The Bertz CT molecular complexity index is 671. The minimum atomic E-state index is -0.397. The van der Waals surface area contributed by atoms with Gasteiger partial charge in [-0.05, 0) is 19.1 Å². The molecule has 104 valence electrons. The van der Waals surface area contributed by atoms with Crippen molar-refractivity contribution < 1.29 is 9.59 Å². The van der Waals surface area contributed by atoms with Crippen LogP contribution in [-0.2, 0) is 4.79 Å². The number of urea groups is 1. The van der Waals surface area contributed by atoms with Crippen LogP contribution < -0.4 is 5.32 Å². The lowest BCUT2D eigenvalue weighted by molar-refractivity contribution is -0.126. The van der Waals surface area contributed by atoms with Gasteiger partial charge in [-0.25, -0.2) is 4.79 Å². The summed E-state index contributed by atoms with van der Waals surface area (Å²) in [5.41, 5.74) is 0.730. The summed E-state index contributed by atoms with van der Waals surface area (Å²) in [6, 6.07) is 5.27. The third kappa shape index (κ3) is 2.22. The number of nitrogens with one attached hydrogen (secondary N) is 1. The second-order valence-corrected chi connectivity index (χ2v) is 5.70. The van der Waals surface area contributed by atoms with E-state index in [1.54, 1.807) is 6.92 Å². The highest BCUT2D eigenvalue weighted by Crippen LogP contribution is 2.23. The van der Waals surface area contributed by atoms with E-state index >= 15 is 0 Å². The molecule has 0 aliphatic carbocycles. The zero-order valence-corrected chi connectivity index (χ0v) is 11.6. The molecule has 1 aliphatic rings. The first-order chi connectivity index (χ1) is 9.66. The fourth-order valence-corrected chi connectivity index (χ4v) is 2.91. The Hall–Kier alpha value is -2.09. The summed E-state index contributed by atoms with van der Waals surface area (Å²) in [5.74, 6) is -0.210. The molecule has 0 radical (unpaired) electrons. The summed E-state index contributed by atoms with van der Waals surface area (Å²) >= 11 is 1.29. The summed E-state index contributed by atoms with van der Waals surface area (Å²) in [4.78, 5) is 24.9. The molecule has 20 heavy (non-hydrogen) atoms. The van der Waals surface area contributed by atoms with E-state index in [4.69, 9.17) is 0 Å². The van der Waals surface area contributed by atoms with Gasteiger partial charge < -0.3 is 5.32 Å². The maximum absolute atomic E-state index is 12.2. The summed E-state index contributed by atoms with van der Waals surface area (Å²) in [7, 11) is 0. The topological polar surface area (TPSA) is 79.6 Å². The number of rotatable bonds is 3. The van der Waals surface area contributed by atoms with E-state index in [2.05, 4.69) is 15.5 Å². The fourth-order valence-electron chi connectivity index (χ4n) is 2.01. The van der Waals surface area contributed by atoms with Crippen LogP contribution in [0.15, 0.2) is 29.6 Å². The second-order valence-electron chi connectivity index (χ2n) is 4.39. The van der Waals surface area contributed by atoms with Gasteiger partial charge in [0.25, 0.3) is 0 Å². The highest BCUT2D eigenvalue weighted by molar-refractivity contribution is 8.00. The Morgan fingerprint density at radius 3 is 3.05 bits per heavy atom. The average molecular weight is 291 g/mol. The molecule has 3 heterocycles. The molecule has 2 aromatic heterocycles. The number of thioether (sulfide) groups is 1.